The largest absolute Gasteiger partial charge is 0.360 e. The van der Waals surface area contributed by atoms with E-state index in [1.807, 2.05) is 35.1 Å². The van der Waals surface area contributed by atoms with Crippen molar-refractivity contribution in [2.24, 2.45) is 0 Å². The Balaban J connectivity index is 1.23. The number of likely N-dealkylation sites (N-methyl/N-ethyl adjacent to an activating group) is 1. The first-order valence-corrected chi connectivity index (χ1v) is 11.0. The van der Waals surface area contributed by atoms with Gasteiger partial charge >= 0.3 is 0 Å². The smallest absolute Gasteiger partial charge is 0.233 e. The SMILES string of the molecule is CN1CC[C@@H](c2cc(-c3cccc(-c4ccnc(Nc5ccn(C6CC6)n5)n4)n3)no2)C1=O. The number of amides is 1. The van der Waals surface area contributed by atoms with Gasteiger partial charge in [-0.3, -0.25) is 9.48 Å². The van der Waals surface area contributed by atoms with Crippen molar-refractivity contribution in [3.05, 3.63) is 54.6 Å². The van der Waals surface area contributed by atoms with Crippen LogP contribution in [0, 0.1) is 0 Å². The summed E-state index contributed by atoms with van der Waals surface area (Å²) in [5, 5.41) is 11.8. The van der Waals surface area contributed by atoms with E-state index in [-0.39, 0.29) is 11.8 Å². The molecule has 4 aromatic heterocycles. The van der Waals surface area contributed by atoms with E-state index in [9.17, 15) is 4.79 Å². The van der Waals surface area contributed by atoms with Crippen LogP contribution in [-0.4, -0.2) is 54.3 Å². The van der Waals surface area contributed by atoms with Crippen LogP contribution in [0.15, 0.2) is 53.3 Å². The van der Waals surface area contributed by atoms with Gasteiger partial charge in [-0.25, -0.2) is 15.0 Å². The standard InChI is InChI=1S/C23H22N8O2/c1-30-11-8-15(22(30)32)20-13-19(29-33-20)17-4-2-3-16(25-17)18-7-10-24-23(26-18)27-21-9-12-31(28-21)14-5-6-14/h2-4,7,9-10,12-15H,5-6,8,11H2,1H3,(H,24,26,27,28)/t15-/m0/s1. The molecule has 1 amide bonds. The van der Waals surface area contributed by atoms with Gasteiger partial charge in [-0.05, 0) is 37.5 Å². The van der Waals surface area contributed by atoms with Gasteiger partial charge in [0, 0.05) is 38.1 Å². The average Bonchev–Trinajstić information content (AvgIpc) is 3.22. The van der Waals surface area contributed by atoms with Crippen LogP contribution in [0.1, 0.15) is 37.0 Å². The van der Waals surface area contributed by atoms with Crippen LogP contribution in [0.5, 0.6) is 0 Å². The van der Waals surface area contributed by atoms with E-state index in [0.29, 0.717) is 46.3 Å². The monoisotopic (exact) mass is 442 g/mol. The lowest BCUT2D eigenvalue weighted by molar-refractivity contribution is -0.128. The zero-order valence-electron chi connectivity index (χ0n) is 18.0. The van der Waals surface area contributed by atoms with Gasteiger partial charge in [0.05, 0.1) is 23.1 Å². The molecule has 1 aliphatic heterocycles. The lowest BCUT2D eigenvalue weighted by atomic mass is 10.0. The Hall–Kier alpha value is -4.08. The van der Waals surface area contributed by atoms with Crippen LogP contribution >= 0.6 is 0 Å². The lowest BCUT2D eigenvalue weighted by Crippen LogP contribution is -2.21. The normalized spacial score (nSPS) is 18.2. The third-order valence-electron chi connectivity index (χ3n) is 6.00. The number of rotatable bonds is 6. The maximum absolute atomic E-state index is 12.3. The molecule has 1 atom stereocenters. The first kappa shape index (κ1) is 19.6. The summed E-state index contributed by atoms with van der Waals surface area (Å²) >= 11 is 0. The highest BCUT2D eigenvalue weighted by Crippen LogP contribution is 2.34. The van der Waals surface area contributed by atoms with Gasteiger partial charge in [-0.2, -0.15) is 5.10 Å². The van der Waals surface area contributed by atoms with Gasteiger partial charge in [-0.1, -0.05) is 11.2 Å². The summed E-state index contributed by atoms with van der Waals surface area (Å²) in [6.07, 6.45) is 6.74. The minimum atomic E-state index is -0.279. The molecule has 0 unspecified atom stereocenters. The molecule has 0 aromatic carbocycles. The van der Waals surface area contributed by atoms with Crippen LogP contribution in [0.2, 0.25) is 0 Å². The minimum absolute atomic E-state index is 0.0578. The van der Waals surface area contributed by atoms with Gasteiger partial charge in [0.25, 0.3) is 0 Å². The van der Waals surface area contributed by atoms with E-state index < -0.39 is 0 Å². The highest BCUT2D eigenvalue weighted by Gasteiger charge is 2.33. The molecular formula is C23H22N8O2. The van der Waals surface area contributed by atoms with Crippen LogP contribution < -0.4 is 5.32 Å². The van der Waals surface area contributed by atoms with Crippen molar-refractivity contribution >= 4 is 17.7 Å². The quantitative estimate of drug-likeness (QED) is 0.483. The van der Waals surface area contributed by atoms with Crippen molar-refractivity contribution in [1.82, 2.24) is 34.8 Å². The Morgan fingerprint density at radius 2 is 1.85 bits per heavy atom. The molecule has 2 aliphatic rings. The molecule has 166 valence electrons. The van der Waals surface area contributed by atoms with Crippen molar-refractivity contribution in [2.45, 2.75) is 31.2 Å². The number of carbonyl (C=O) groups excluding carboxylic acids is 1. The summed E-state index contributed by atoms with van der Waals surface area (Å²) < 4.78 is 7.47. The van der Waals surface area contributed by atoms with E-state index in [1.165, 1.54) is 12.8 Å². The number of carbonyl (C=O) groups is 1. The number of nitrogens with zero attached hydrogens (tertiary/aromatic N) is 7. The Morgan fingerprint density at radius 3 is 2.64 bits per heavy atom. The molecular weight excluding hydrogens is 420 g/mol. The van der Waals surface area contributed by atoms with Crippen LogP contribution in [0.25, 0.3) is 22.8 Å². The summed E-state index contributed by atoms with van der Waals surface area (Å²) in [4.78, 5) is 27.6. The Bertz CT molecular complexity index is 1330. The second-order valence-electron chi connectivity index (χ2n) is 8.43. The molecule has 0 radical (unpaired) electrons. The van der Waals surface area contributed by atoms with E-state index in [4.69, 9.17) is 9.51 Å². The van der Waals surface area contributed by atoms with E-state index >= 15 is 0 Å². The zero-order valence-corrected chi connectivity index (χ0v) is 18.0. The molecule has 2 fully saturated rings. The summed E-state index contributed by atoms with van der Waals surface area (Å²) in [5.41, 5.74) is 2.60. The fraction of sp³-hybridized carbons (Fsp3) is 0.304. The topological polar surface area (TPSA) is 115 Å². The van der Waals surface area contributed by atoms with Crippen LogP contribution in [0.4, 0.5) is 11.8 Å². The molecule has 4 aromatic rings. The predicted molar refractivity (Wildman–Crippen MR) is 120 cm³/mol. The fourth-order valence-corrected chi connectivity index (χ4v) is 4.00. The first-order valence-electron chi connectivity index (χ1n) is 11.0. The van der Waals surface area contributed by atoms with Crippen molar-refractivity contribution in [2.75, 3.05) is 18.9 Å². The van der Waals surface area contributed by atoms with Crippen molar-refractivity contribution < 1.29 is 9.32 Å². The Kier molecular flexibility index (Phi) is 4.63. The average molecular weight is 442 g/mol. The summed E-state index contributed by atoms with van der Waals surface area (Å²) in [6, 6.07) is 11.7. The number of likely N-dealkylation sites (tertiary alicyclic amines) is 1. The summed E-state index contributed by atoms with van der Waals surface area (Å²) in [5.74, 6) is 1.52. The third-order valence-corrected chi connectivity index (χ3v) is 6.00. The Labute approximate surface area is 189 Å². The van der Waals surface area contributed by atoms with Crippen LogP contribution in [0.3, 0.4) is 0 Å². The highest BCUT2D eigenvalue weighted by molar-refractivity contribution is 5.85. The van der Waals surface area contributed by atoms with Gasteiger partial charge in [0.1, 0.15) is 17.4 Å². The zero-order chi connectivity index (χ0) is 22.4. The molecule has 1 saturated heterocycles. The molecule has 10 heteroatoms. The number of pyridine rings is 1. The number of aromatic nitrogens is 6. The molecule has 10 nitrogen and oxygen atoms in total. The second kappa shape index (κ2) is 7.80. The van der Waals surface area contributed by atoms with Gasteiger partial charge in [0.15, 0.2) is 5.82 Å². The minimum Gasteiger partial charge on any atom is -0.360 e. The van der Waals surface area contributed by atoms with Crippen molar-refractivity contribution in [1.29, 1.82) is 0 Å². The number of nitrogens with one attached hydrogen (secondary N) is 1. The first-order chi connectivity index (χ1) is 16.1. The number of hydrogen-bond donors (Lipinski definition) is 1. The molecule has 1 aliphatic carbocycles. The molecule has 6 rings (SSSR count). The highest BCUT2D eigenvalue weighted by atomic mass is 16.5. The van der Waals surface area contributed by atoms with Gasteiger partial charge in [-0.15, -0.1) is 0 Å². The summed E-state index contributed by atoms with van der Waals surface area (Å²) in [6.45, 7) is 0.720. The van der Waals surface area contributed by atoms with Crippen molar-refractivity contribution in [3.63, 3.8) is 0 Å². The number of hydrogen-bond acceptors (Lipinski definition) is 8. The maximum atomic E-state index is 12.3. The predicted octanol–water partition coefficient (Wildman–Crippen LogP) is 3.41. The van der Waals surface area contributed by atoms with Gasteiger partial charge < -0.3 is 14.7 Å². The number of anilines is 2. The third kappa shape index (κ3) is 3.84. The second-order valence-corrected chi connectivity index (χ2v) is 8.43. The van der Waals surface area contributed by atoms with Crippen molar-refractivity contribution in [3.8, 4) is 22.8 Å². The molecule has 0 bridgehead atoms. The van der Waals surface area contributed by atoms with E-state index in [0.717, 1.165) is 13.0 Å². The maximum Gasteiger partial charge on any atom is 0.233 e. The molecule has 1 saturated carbocycles. The molecule has 0 spiro atoms. The molecule has 1 N–H and O–H groups in total. The van der Waals surface area contributed by atoms with E-state index in [2.05, 4.69) is 25.5 Å². The Morgan fingerprint density at radius 1 is 1.03 bits per heavy atom. The van der Waals surface area contributed by atoms with E-state index in [1.54, 1.807) is 30.3 Å². The summed E-state index contributed by atoms with van der Waals surface area (Å²) in [7, 11) is 1.80. The molecule has 5 heterocycles. The molecule has 33 heavy (non-hydrogen) atoms. The van der Waals surface area contributed by atoms with Gasteiger partial charge in [0.2, 0.25) is 11.9 Å². The van der Waals surface area contributed by atoms with Crippen LogP contribution in [-0.2, 0) is 4.79 Å². The fourth-order valence-electron chi connectivity index (χ4n) is 4.00. The lowest BCUT2D eigenvalue weighted by Gasteiger charge is -2.07.